The Morgan fingerprint density at radius 1 is 1.07 bits per heavy atom. The van der Waals surface area contributed by atoms with E-state index in [4.69, 9.17) is 0 Å². The molecule has 3 rings (SSSR count). The van der Waals surface area contributed by atoms with E-state index in [2.05, 4.69) is 31.4 Å². The van der Waals surface area contributed by atoms with Crippen molar-refractivity contribution in [1.29, 1.82) is 0 Å². The summed E-state index contributed by atoms with van der Waals surface area (Å²) in [7, 11) is 0. The largest absolute Gasteiger partial charge is 0.323 e. The third-order valence-electron chi connectivity index (χ3n) is 4.42. The minimum absolute atomic E-state index is 0.0931. The van der Waals surface area contributed by atoms with Gasteiger partial charge in [-0.2, -0.15) is 10.2 Å². The Labute approximate surface area is 175 Å². The fourth-order valence-electron chi connectivity index (χ4n) is 2.85. The van der Waals surface area contributed by atoms with Crippen LogP contribution in [0.2, 0.25) is 0 Å². The molecule has 0 bridgehead atoms. The lowest BCUT2D eigenvalue weighted by Crippen LogP contribution is -2.16. The van der Waals surface area contributed by atoms with Gasteiger partial charge in [0, 0.05) is 19.2 Å². The summed E-state index contributed by atoms with van der Waals surface area (Å²) in [4.78, 5) is 12.2. The van der Waals surface area contributed by atoms with E-state index in [1.54, 1.807) is 24.0 Å². The Balaban J connectivity index is 1.78. The molecule has 0 radical (unpaired) electrons. The number of nitrogens with one attached hydrogen (secondary N) is 1. The Kier molecular flexibility index (Phi) is 6.25. The van der Waals surface area contributed by atoms with E-state index in [-0.39, 0.29) is 12.3 Å². The number of benzene rings is 1. The molecule has 6 nitrogen and oxygen atoms in total. The monoisotopic (exact) mass is 491 g/mol. The molecule has 12 heteroatoms. The van der Waals surface area contributed by atoms with Crippen LogP contribution >= 0.6 is 15.9 Å². The zero-order valence-electron chi connectivity index (χ0n) is 15.7. The zero-order valence-corrected chi connectivity index (χ0v) is 17.3. The minimum Gasteiger partial charge on any atom is -0.323 e. The molecule has 1 aromatic carbocycles. The average Bonchev–Trinajstić information content (AvgIpc) is 3.24. The number of carbonyl (C=O) groups excluding carboxylic acids is 1. The number of carbonyl (C=O) groups is 1. The van der Waals surface area contributed by atoms with Gasteiger partial charge < -0.3 is 5.32 Å². The number of nitrogens with zero attached hydrogens (tertiary/aromatic N) is 4. The van der Waals surface area contributed by atoms with E-state index in [0.717, 1.165) is 9.15 Å². The molecule has 2 heterocycles. The fraction of sp³-hybridized carbons (Fsp3) is 0.278. The summed E-state index contributed by atoms with van der Waals surface area (Å²) in [6.07, 6.45) is 3.37. The highest BCUT2D eigenvalue weighted by molar-refractivity contribution is 9.10. The van der Waals surface area contributed by atoms with E-state index in [0.29, 0.717) is 23.6 Å². The van der Waals surface area contributed by atoms with Crippen LogP contribution in [0.5, 0.6) is 0 Å². The van der Waals surface area contributed by atoms with Crippen LogP contribution in [0.15, 0.2) is 16.9 Å². The van der Waals surface area contributed by atoms with E-state index >= 15 is 0 Å². The van der Waals surface area contributed by atoms with Crippen LogP contribution in [0, 0.1) is 42.9 Å². The molecule has 3 aromatic rings. The number of aromatic nitrogens is 4. The third kappa shape index (κ3) is 4.23. The van der Waals surface area contributed by atoms with Crippen molar-refractivity contribution in [2.45, 2.75) is 33.4 Å². The molecule has 0 atom stereocenters. The summed E-state index contributed by atoms with van der Waals surface area (Å²) in [6.45, 7) is 2.67. The minimum atomic E-state index is -2.22. The Morgan fingerprint density at radius 2 is 1.67 bits per heavy atom. The van der Waals surface area contributed by atoms with E-state index in [1.165, 1.54) is 6.92 Å². The van der Waals surface area contributed by atoms with Crippen LogP contribution in [0.3, 0.4) is 0 Å². The van der Waals surface area contributed by atoms with Crippen molar-refractivity contribution in [2.24, 2.45) is 0 Å². The lowest BCUT2D eigenvalue weighted by Gasteiger charge is -2.10. The zero-order chi connectivity index (χ0) is 22.2. The predicted octanol–water partition coefficient (Wildman–Crippen LogP) is 4.23. The maximum absolute atomic E-state index is 14.0. The number of anilines is 1. The topological polar surface area (TPSA) is 64.7 Å². The van der Waals surface area contributed by atoms with Gasteiger partial charge >= 0.3 is 0 Å². The molecule has 0 saturated heterocycles. The summed E-state index contributed by atoms with van der Waals surface area (Å²) < 4.78 is 71.4. The van der Waals surface area contributed by atoms with Gasteiger partial charge in [-0.05, 0) is 29.8 Å². The molecule has 0 aliphatic rings. The maximum Gasteiger partial charge on any atom is 0.226 e. The number of halogens is 6. The molecule has 2 aromatic heterocycles. The van der Waals surface area contributed by atoms with Crippen LogP contribution in [-0.2, 0) is 17.9 Å². The first-order valence-corrected chi connectivity index (χ1v) is 9.41. The molecular weight excluding hydrogens is 477 g/mol. The normalized spacial score (nSPS) is 11.2. The summed E-state index contributed by atoms with van der Waals surface area (Å²) in [5.74, 6) is -10.5. The van der Waals surface area contributed by atoms with Gasteiger partial charge in [-0.1, -0.05) is 0 Å². The smallest absolute Gasteiger partial charge is 0.226 e. The Morgan fingerprint density at radius 3 is 2.23 bits per heavy atom. The molecule has 0 aliphatic heterocycles. The molecule has 0 unspecified atom stereocenters. The second-order valence-corrected chi connectivity index (χ2v) is 7.39. The van der Waals surface area contributed by atoms with Gasteiger partial charge in [-0.25, -0.2) is 22.0 Å². The number of rotatable bonds is 6. The fourth-order valence-corrected chi connectivity index (χ4v) is 3.18. The van der Waals surface area contributed by atoms with Crippen LogP contribution in [0.4, 0.5) is 27.6 Å². The molecule has 1 N–H and O–H groups in total. The Hall–Kier alpha value is -2.76. The molecular formula is C18H15BrF5N5O. The van der Waals surface area contributed by atoms with Crippen LogP contribution in [-0.4, -0.2) is 25.5 Å². The van der Waals surface area contributed by atoms with Crippen molar-refractivity contribution in [3.05, 3.63) is 62.9 Å². The standard InChI is InChI=1S/C18H15BrF5N5O/c1-8-18(26-12(30)3-4-28-6-10(19)5-25-28)9(2)29(27-8)7-11-13(20)15(22)17(24)16(23)14(11)21/h5-6H,3-4,7H2,1-2H3,(H,26,30). The van der Waals surface area contributed by atoms with Crippen LogP contribution in [0.1, 0.15) is 23.4 Å². The number of hydrogen-bond acceptors (Lipinski definition) is 3. The molecule has 30 heavy (non-hydrogen) atoms. The molecule has 0 fully saturated rings. The number of aryl methyl sites for hydroxylation is 2. The second-order valence-electron chi connectivity index (χ2n) is 6.47. The summed E-state index contributed by atoms with van der Waals surface area (Å²) in [5.41, 5.74) is -0.0946. The first-order chi connectivity index (χ1) is 14.1. The van der Waals surface area contributed by atoms with Crippen molar-refractivity contribution in [3.8, 4) is 0 Å². The van der Waals surface area contributed by atoms with Crippen molar-refractivity contribution < 1.29 is 26.7 Å². The lowest BCUT2D eigenvalue weighted by atomic mass is 10.1. The van der Waals surface area contributed by atoms with E-state index < -0.39 is 41.2 Å². The highest BCUT2D eigenvalue weighted by atomic mass is 79.9. The summed E-state index contributed by atoms with van der Waals surface area (Å²) >= 11 is 3.25. The number of amides is 1. The van der Waals surface area contributed by atoms with Crippen molar-refractivity contribution >= 4 is 27.5 Å². The van der Waals surface area contributed by atoms with Gasteiger partial charge in [0.15, 0.2) is 23.3 Å². The third-order valence-corrected chi connectivity index (χ3v) is 4.83. The van der Waals surface area contributed by atoms with Crippen LogP contribution in [0.25, 0.3) is 0 Å². The first-order valence-electron chi connectivity index (χ1n) is 8.62. The van der Waals surface area contributed by atoms with Crippen LogP contribution < -0.4 is 5.32 Å². The van der Waals surface area contributed by atoms with Crippen molar-refractivity contribution in [2.75, 3.05) is 5.32 Å². The van der Waals surface area contributed by atoms with Crippen molar-refractivity contribution in [3.63, 3.8) is 0 Å². The lowest BCUT2D eigenvalue weighted by molar-refractivity contribution is -0.116. The van der Waals surface area contributed by atoms with Gasteiger partial charge in [0.25, 0.3) is 0 Å². The summed E-state index contributed by atoms with van der Waals surface area (Å²) in [6, 6.07) is 0. The second kappa shape index (κ2) is 8.54. The molecule has 160 valence electrons. The first kappa shape index (κ1) is 21.9. The summed E-state index contributed by atoms with van der Waals surface area (Å²) in [5, 5.41) is 10.7. The van der Waals surface area contributed by atoms with E-state index in [1.807, 2.05) is 0 Å². The van der Waals surface area contributed by atoms with Gasteiger partial charge in [0.05, 0.1) is 39.9 Å². The quantitative estimate of drug-likeness (QED) is 0.318. The van der Waals surface area contributed by atoms with E-state index in [9.17, 15) is 26.7 Å². The molecule has 0 spiro atoms. The molecule has 0 aliphatic carbocycles. The van der Waals surface area contributed by atoms with Gasteiger partial charge in [0.1, 0.15) is 0 Å². The van der Waals surface area contributed by atoms with Gasteiger partial charge in [-0.3, -0.25) is 14.2 Å². The maximum atomic E-state index is 14.0. The highest BCUT2D eigenvalue weighted by Crippen LogP contribution is 2.26. The Bertz CT molecular complexity index is 1100. The highest BCUT2D eigenvalue weighted by Gasteiger charge is 2.27. The van der Waals surface area contributed by atoms with Gasteiger partial charge in [0.2, 0.25) is 11.7 Å². The SMILES string of the molecule is Cc1nn(Cc2c(F)c(F)c(F)c(F)c2F)c(C)c1NC(=O)CCn1cc(Br)cn1. The molecule has 0 saturated carbocycles. The molecule has 1 amide bonds. The number of hydrogen-bond donors (Lipinski definition) is 1. The average molecular weight is 492 g/mol. The van der Waals surface area contributed by atoms with Crippen molar-refractivity contribution in [1.82, 2.24) is 19.6 Å². The predicted molar refractivity (Wildman–Crippen MR) is 100 cm³/mol. The van der Waals surface area contributed by atoms with Gasteiger partial charge in [-0.15, -0.1) is 0 Å².